The minimum atomic E-state index is -0.242. The second-order valence-electron chi connectivity index (χ2n) is 7.83. The molecule has 5 rings (SSSR count). The van der Waals surface area contributed by atoms with Gasteiger partial charge in [0, 0.05) is 12.7 Å². The van der Waals surface area contributed by atoms with Gasteiger partial charge in [-0.25, -0.2) is 15.0 Å². The molecule has 11 heteroatoms. The number of benzene rings is 2. The van der Waals surface area contributed by atoms with Crippen LogP contribution in [0.25, 0.3) is 33.2 Å². The van der Waals surface area contributed by atoms with Crippen molar-refractivity contribution in [3.05, 3.63) is 58.6 Å². The Labute approximate surface area is 205 Å². The number of aromatic nitrogens is 5. The van der Waals surface area contributed by atoms with Crippen molar-refractivity contribution in [3.63, 3.8) is 0 Å². The van der Waals surface area contributed by atoms with Crippen LogP contribution in [0.1, 0.15) is 5.56 Å². The van der Waals surface area contributed by atoms with Crippen LogP contribution in [0.5, 0.6) is 17.2 Å². The van der Waals surface area contributed by atoms with E-state index in [1.54, 1.807) is 46.8 Å². The summed E-state index contributed by atoms with van der Waals surface area (Å²) in [5.41, 5.74) is 2.98. The predicted octanol–water partition coefficient (Wildman–Crippen LogP) is 2.85. The Morgan fingerprint density at radius 1 is 0.944 bits per heavy atom. The van der Waals surface area contributed by atoms with Gasteiger partial charge in [-0.05, 0) is 24.3 Å². The van der Waals surface area contributed by atoms with E-state index >= 15 is 0 Å². The number of methoxy groups -OCH3 is 4. The summed E-state index contributed by atoms with van der Waals surface area (Å²) in [5.74, 6) is 1.46. The summed E-state index contributed by atoms with van der Waals surface area (Å²) >= 11 is 0. The monoisotopic (exact) mass is 488 g/mol. The van der Waals surface area contributed by atoms with Gasteiger partial charge in [-0.1, -0.05) is 12.1 Å². The summed E-state index contributed by atoms with van der Waals surface area (Å²) in [4.78, 5) is 27.4. The first-order chi connectivity index (χ1) is 17.6. The highest BCUT2D eigenvalue weighted by atomic mass is 16.5. The molecule has 0 spiro atoms. The van der Waals surface area contributed by atoms with Crippen molar-refractivity contribution in [2.45, 2.75) is 6.54 Å². The number of ether oxygens (including phenoxy) is 4. The molecule has 5 aromatic rings. The first-order valence-corrected chi connectivity index (χ1v) is 11.1. The molecule has 11 nitrogen and oxygen atoms in total. The van der Waals surface area contributed by atoms with Crippen LogP contribution in [0.4, 0.5) is 0 Å². The summed E-state index contributed by atoms with van der Waals surface area (Å²) < 4.78 is 24.4. The van der Waals surface area contributed by atoms with Crippen molar-refractivity contribution in [3.8, 4) is 17.2 Å². The molecule has 0 bridgehead atoms. The molecular formula is C25H24N6O5. The largest absolute Gasteiger partial charge is 0.493 e. The Morgan fingerprint density at radius 3 is 2.28 bits per heavy atom. The van der Waals surface area contributed by atoms with Gasteiger partial charge in [0.25, 0.3) is 5.56 Å². The molecule has 2 aromatic carbocycles. The van der Waals surface area contributed by atoms with Crippen LogP contribution in [0, 0.1) is 0 Å². The standard InChI is InChI=1S/C25H24N6O5/c1-33-10-9-30-14-26-23-20(25(30)32)21-24(29-17-8-6-5-7-16(17)28-21)31(23)27-13-15-11-18(34-2)22(36-4)19(12-15)35-3/h5-8,11-14H,9-10H2,1-4H3/b27-13+. The van der Waals surface area contributed by atoms with Crippen molar-refractivity contribution < 1.29 is 18.9 Å². The molecule has 0 radical (unpaired) electrons. The maximum absolute atomic E-state index is 13.4. The molecule has 0 aliphatic heterocycles. The zero-order valence-electron chi connectivity index (χ0n) is 20.3. The molecular weight excluding hydrogens is 464 g/mol. The van der Waals surface area contributed by atoms with Gasteiger partial charge in [0.1, 0.15) is 17.2 Å². The van der Waals surface area contributed by atoms with Crippen molar-refractivity contribution in [2.24, 2.45) is 5.10 Å². The number of hydrogen-bond donors (Lipinski definition) is 0. The SMILES string of the molecule is COCCn1cnc2c(c1=O)c1nc3ccccc3nc1n2/N=C/c1cc(OC)c(OC)c(OC)c1. The van der Waals surface area contributed by atoms with Crippen molar-refractivity contribution >= 4 is 39.4 Å². The topological polar surface area (TPSA) is 115 Å². The molecule has 3 aromatic heterocycles. The zero-order valence-corrected chi connectivity index (χ0v) is 20.3. The summed E-state index contributed by atoms with van der Waals surface area (Å²) in [7, 11) is 6.22. The molecule has 184 valence electrons. The zero-order chi connectivity index (χ0) is 25.2. The van der Waals surface area contributed by atoms with Gasteiger partial charge in [-0.15, -0.1) is 0 Å². The third-order valence-electron chi connectivity index (χ3n) is 5.75. The Balaban J connectivity index is 1.75. The van der Waals surface area contributed by atoms with Crippen molar-refractivity contribution in [1.29, 1.82) is 0 Å². The highest BCUT2D eigenvalue weighted by Gasteiger charge is 2.20. The van der Waals surface area contributed by atoms with Gasteiger partial charge in [0.15, 0.2) is 22.8 Å². The lowest BCUT2D eigenvalue weighted by Gasteiger charge is -2.12. The maximum Gasteiger partial charge on any atom is 0.265 e. The molecule has 0 fully saturated rings. The van der Waals surface area contributed by atoms with E-state index in [1.165, 1.54) is 15.6 Å². The predicted molar refractivity (Wildman–Crippen MR) is 136 cm³/mol. The van der Waals surface area contributed by atoms with Crippen molar-refractivity contribution in [2.75, 3.05) is 35.0 Å². The Morgan fingerprint density at radius 2 is 1.64 bits per heavy atom. The quantitative estimate of drug-likeness (QED) is 0.306. The minimum absolute atomic E-state index is 0.242. The van der Waals surface area contributed by atoms with Gasteiger partial charge in [0.05, 0.1) is 51.7 Å². The van der Waals surface area contributed by atoms with E-state index in [0.717, 1.165) is 0 Å². The smallest absolute Gasteiger partial charge is 0.265 e. The molecule has 3 heterocycles. The van der Waals surface area contributed by atoms with E-state index in [0.29, 0.717) is 69.2 Å². The molecule has 0 saturated carbocycles. The fraction of sp³-hybridized carbons (Fsp3) is 0.240. The molecule has 36 heavy (non-hydrogen) atoms. The second-order valence-corrected chi connectivity index (χ2v) is 7.83. The molecule has 0 aliphatic carbocycles. The summed E-state index contributed by atoms with van der Waals surface area (Å²) in [6, 6.07) is 11.0. The number of fused-ring (bicyclic) bond motifs is 4. The summed E-state index contributed by atoms with van der Waals surface area (Å²) in [6.07, 6.45) is 3.09. The minimum Gasteiger partial charge on any atom is -0.493 e. The van der Waals surface area contributed by atoms with E-state index in [4.69, 9.17) is 28.9 Å². The van der Waals surface area contributed by atoms with E-state index in [1.807, 2.05) is 24.3 Å². The van der Waals surface area contributed by atoms with E-state index in [9.17, 15) is 4.79 Å². The van der Waals surface area contributed by atoms with Gasteiger partial charge >= 0.3 is 0 Å². The number of hydrogen-bond acceptors (Lipinski definition) is 9. The molecule has 0 unspecified atom stereocenters. The molecule has 0 N–H and O–H groups in total. The second kappa shape index (κ2) is 9.62. The lowest BCUT2D eigenvalue weighted by Crippen LogP contribution is -2.22. The van der Waals surface area contributed by atoms with Gasteiger partial charge in [-0.2, -0.15) is 9.78 Å². The highest BCUT2D eigenvalue weighted by molar-refractivity contribution is 6.04. The fourth-order valence-electron chi connectivity index (χ4n) is 4.01. The molecule has 0 atom stereocenters. The average molecular weight is 489 g/mol. The summed E-state index contributed by atoms with van der Waals surface area (Å²) in [6.45, 7) is 0.736. The Hall–Kier alpha value is -4.51. The lowest BCUT2D eigenvalue weighted by atomic mass is 10.2. The number of rotatable bonds is 8. The van der Waals surface area contributed by atoms with Crippen LogP contribution in [-0.2, 0) is 11.3 Å². The molecule has 0 saturated heterocycles. The number of para-hydroxylation sites is 2. The fourth-order valence-corrected chi connectivity index (χ4v) is 4.01. The van der Waals surface area contributed by atoms with E-state index < -0.39 is 0 Å². The normalized spacial score (nSPS) is 11.7. The molecule has 0 amide bonds. The Bertz CT molecular complexity index is 1650. The van der Waals surface area contributed by atoms with E-state index in [2.05, 4.69) is 10.1 Å². The number of nitrogens with zero attached hydrogens (tertiary/aromatic N) is 6. The van der Waals surface area contributed by atoms with Crippen LogP contribution in [0.15, 0.2) is 52.6 Å². The third-order valence-corrected chi connectivity index (χ3v) is 5.75. The lowest BCUT2D eigenvalue weighted by molar-refractivity contribution is 0.186. The van der Waals surface area contributed by atoms with Crippen LogP contribution in [0.3, 0.4) is 0 Å². The van der Waals surface area contributed by atoms with Crippen LogP contribution < -0.4 is 19.8 Å². The van der Waals surface area contributed by atoms with E-state index in [-0.39, 0.29) is 5.56 Å². The highest BCUT2D eigenvalue weighted by Crippen LogP contribution is 2.37. The molecule has 0 aliphatic rings. The van der Waals surface area contributed by atoms with Crippen LogP contribution >= 0.6 is 0 Å². The van der Waals surface area contributed by atoms with Crippen LogP contribution in [0.2, 0.25) is 0 Å². The average Bonchev–Trinajstić information content (AvgIpc) is 3.22. The third kappa shape index (κ3) is 3.89. The first kappa shape index (κ1) is 23.2. The maximum atomic E-state index is 13.4. The van der Waals surface area contributed by atoms with Gasteiger partial charge in [-0.3, -0.25) is 9.36 Å². The van der Waals surface area contributed by atoms with Crippen LogP contribution in [-0.4, -0.2) is 65.5 Å². The Kier molecular flexibility index (Phi) is 6.21. The first-order valence-electron chi connectivity index (χ1n) is 11.1. The van der Waals surface area contributed by atoms with Gasteiger partial charge in [0.2, 0.25) is 5.75 Å². The summed E-state index contributed by atoms with van der Waals surface area (Å²) in [5, 5.41) is 4.98. The van der Waals surface area contributed by atoms with Crippen molar-refractivity contribution in [1.82, 2.24) is 24.2 Å². The van der Waals surface area contributed by atoms with Gasteiger partial charge < -0.3 is 18.9 Å².